The Hall–Kier alpha value is -2.89. The van der Waals surface area contributed by atoms with Crippen molar-refractivity contribution >= 4 is 46.4 Å². The fourth-order valence-corrected chi connectivity index (χ4v) is 4.75. The molecule has 2 atom stereocenters. The van der Waals surface area contributed by atoms with E-state index in [1.54, 1.807) is 41.1 Å². The van der Waals surface area contributed by atoms with Gasteiger partial charge in [0.1, 0.15) is 0 Å². The molecule has 3 aromatic rings. The molecule has 2 aromatic carbocycles. The monoisotopic (exact) mass is 481 g/mol. The maximum absolute atomic E-state index is 13.5. The number of rotatable bonds is 4. The van der Waals surface area contributed by atoms with Gasteiger partial charge in [0.15, 0.2) is 0 Å². The SMILES string of the molecule is CCc1ccc(C(=O)N2c3ccc(Cl)cc3[C@H](N(C(C)=O)c3ccc(Cl)cc3)C[C@@H]2C)cn1. The lowest BCUT2D eigenvalue weighted by Crippen LogP contribution is -2.47. The van der Waals surface area contributed by atoms with E-state index in [9.17, 15) is 9.59 Å². The van der Waals surface area contributed by atoms with Gasteiger partial charge in [-0.05, 0) is 74.4 Å². The second-order valence-electron chi connectivity index (χ2n) is 8.24. The Bertz CT molecular complexity index is 1180. The van der Waals surface area contributed by atoms with Crippen molar-refractivity contribution in [2.75, 3.05) is 9.80 Å². The van der Waals surface area contributed by atoms with Crippen molar-refractivity contribution in [2.45, 2.75) is 45.7 Å². The molecule has 1 aliphatic heterocycles. The highest BCUT2D eigenvalue weighted by Gasteiger charge is 2.38. The summed E-state index contributed by atoms with van der Waals surface area (Å²) >= 11 is 12.4. The van der Waals surface area contributed by atoms with E-state index < -0.39 is 0 Å². The van der Waals surface area contributed by atoms with Gasteiger partial charge in [0, 0.05) is 51.8 Å². The van der Waals surface area contributed by atoms with Crippen LogP contribution >= 0.6 is 23.2 Å². The molecular formula is C26H25Cl2N3O2. The maximum atomic E-state index is 13.5. The van der Waals surface area contributed by atoms with Crippen molar-refractivity contribution < 1.29 is 9.59 Å². The summed E-state index contributed by atoms with van der Waals surface area (Å²) in [6.45, 7) is 5.57. The van der Waals surface area contributed by atoms with Crippen molar-refractivity contribution in [3.63, 3.8) is 0 Å². The number of fused-ring (bicyclic) bond motifs is 1. The molecule has 170 valence electrons. The van der Waals surface area contributed by atoms with Gasteiger partial charge in [0.05, 0.1) is 11.6 Å². The van der Waals surface area contributed by atoms with Gasteiger partial charge >= 0.3 is 0 Å². The van der Waals surface area contributed by atoms with E-state index in [2.05, 4.69) is 4.98 Å². The molecule has 1 aromatic heterocycles. The number of amides is 2. The molecule has 0 unspecified atom stereocenters. The van der Waals surface area contributed by atoms with Crippen molar-refractivity contribution in [3.8, 4) is 0 Å². The minimum atomic E-state index is -0.281. The molecule has 33 heavy (non-hydrogen) atoms. The Morgan fingerprint density at radius 2 is 1.76 bits per heavy atom. The van der Waals surface area contributed by atoms with Gasteiger partial charge in [-0.25, -0.2) is 0 Å². The number of anilines is 2. The lowest BCUT2D eigenvalue weighted by molar-refractivity contribution is -0.117. The topological polar surface area (TPSA) is 53.5 Å². The van der Waals surface area contributed by atoms with Gasteiger partial charge in [-0.15, -0.1) is 0 Å². The van der Waals surface area contributed by atoms with Crippen LogP contribution in [0.15, 0.2) is 60.8 Å². The molecule has 2 heterocycles. The first-order chi connectivity index (χ1) is 15.8. The van der Waals surface area contributed by atoms with Crippen LogP contribution in [-0.4, -0.2) is 22.8 Å². The number of aromatic nitrogens is 1. The summed E-state index contributed by atoms with van der Waals surface area (Å²) in [5, 5.41) is 1.15. The predicted molar refractivity (Wildman–Crippen MR) is 133 cm³/mol. The zero-order valence-corrected chi connectivity index (χ0v) is 20.3. The molecule has 4 rings (SSSR count). The average molecular weight is 482 g/mol. The molecule has 2 amide bonds. The van der Waals surface area contributed by atoms with Crippen LogP contribution < -0.4 is 9.80 Å². The van der Waals surface area contributed by atoms with E-state index >= 15 is 0 Å². The zero-order valence-electron chi connectivity index (χ0n) is 18.8. The van der Waals surface area contributed by atoms with Gasteiger partial charge in [-0.1, -0.05) is 30.1 Å². The molecule has 0 N–H and O–H groups in total. The lowest BCUT2D eigenvalue weighted by Gasteiger charge is -2.43. The molecule has 0 aliphatic carbocycles. The molecule has 0 spiro atoms. The van der Waals surface area contributed by atoms with Crippen LogP contribution in [-0.2, 0) is 11.2 Å². The summed E-state index contributed by atoms with van der Waals surface area (Å²) in [5.41, 5.74) is 3.78. The molecule has 5 nitrogen and oxygen atoms in total. The standard InChI is InChI=1S/C26H25Cl2N3O2/c1-4-21-9-5-18(15-29-21)26(33)30-16(2)13-25(23-14-20(28)8-12-24(23)30)31(17(3)32)22-10-6-19(27)7-11-22/h5-12,14-16,25H,4,13H2,1-3H3/t16-,25+/m0/s1. The largest absolute Gasteiger partial charge is 0.305 e. The van der Waals surface area contributed by atoms with Gasteiger partial charge in [-0.2, -0.15) is 0 Å². The lowest BCUT2D eigenvalue weighted by atomic mass is 9.89. The zero-order chi connectivity index (χ0) is 23.7. The Kier molecular flexibility index (Phi) is 6.73. The van der Waals surface area contributed by atoms with Crippen LogP contribution in [0, 0.1) is 0 Å². The number of halogens is 2. The molecule has 0 saturated heterocycles. The number of hydrogen-bond donors (Lipinski definition) is 0. The molecular weight excluding hydrogens is 457 g/mol. The average Bonchev–Trinajstić information content (AvgIpc) is 2.80. The van der Waals surface area contributed by atoms with E-state index in [1.165, 1.54) is 0 Å². The van der Waals surface area contributed by atoms with Crippen LogP contribution in [0.3, 0.4) is 0 Å². The van der Waals surface area contributed by atoms with E-state index in [-0.39, 0.29) is 23.9 Å². The van der Waals surface area contributed by atoms with Gasteiger partial charge < -0.3 is 9.80 Å². The fourth-order valence-electron chi connectivity index (χ4n) is 4.44. The molecule has 1 aliphatic rings. The molecule has 7 heteroatoms. The van der Waals surface area contributed by atoms with E-state index in [4.69, 9.17) is 23.2 Å². The van der Waals surface area contributed by atoms with Crippen LogP contribution in [0.1, 0.15) is 54.8 Å². The molecule has 0 radical (unpaired) electrons. The number of nitrogens with zero attached hydrogens (tertiary/aromatic N) is 3. The van der Waals surface area contributed by atoms with Crippen molar-refractivity contribution in [1.82, 2.24) is 4.98 Å². The van der Waals surface area contributed by atoms with E-state index in [0.29, 0.717) is 22.0 Å². The second kappa shape index (κ2) is 9.54. The second-order valence-corrected chi connectivity index (χ2v) is 9.11. The number of hydrogen-bond acceptors (Lipinski definition) is 3. The number of pyridine rings is 1. The van der Waals surface area contributed by atoms with Gasteiger partial charge in [0.2, 0.25) is 5.91 Å². The summed E-state index contributed by atoms with van der Waals surface area (Å²) < 4.78 is 0. The van der Waals surface area contributed by atoms with E-state index in [0.717, 1.165) is 29.1 Å². The van der Waals surface area contributed by atoms with Crippen molar-refractivity contribution in [1.29, 1.82) is 0 Å². The molecule has 0 fully saturated rings. The van der Waals surface area contributed by atoms with Gasteiger partial charge in [0.25, 0.3) is 5.91 Å². The summed E-state index contributed by atoms with van der Waals surface area (Å²) in [6, 6.07) is 15.9. The van der Waals surface area contributed by atoms with Crippen LogP contribution in [0.25, 0.3) is 0 Å². The maximum Gasteiger partial charge on any atom is 0.260 e. The fraction of sp³-hybridized carbons (Fsp3) is 0.269. The minimum absolute atomic E-state index is 0.0976. The summed E-state index contributed by atoms with van der Waals surface area (Å²) in [5.74, 6) is -0.222. The number of aryl methyl sites for hydroxylation is 1. The molecule has 0 bridgehead atoms. The third-order valence-electron chi connectivity index (χ3n) is 6.02. The Morgan fingerprint density at radius 1 is 1.06 bits per heavy atom. The summed E-state index contributed by atoms with van der Waals surface area (Å²) in [4.78, 5) is 34.3. The number of carbonyl (C=O) groups is 2. The minimum Gasteiger partial charge on any atom is -0.305 e. The summed E-state index contributed by atoms with van der Waals surface area (Å²) in [7, 11) is 0. The quantitative estimate of drug-likeness (QED) is 0.428. The van der Waals surface area contributed by atoms with Crippen molar-refractivity contribution in [2.24, 2.45) is 0 Å². The first kappa shape index (κ1) is 23.3. The first-order valence-electron chi connectivity index (χ1n) is 10.9. The predicted octanol–water partition coefficient (Wildman–Crippen LogP) is 6.48. The number of carbonyl (C=O) groups excluding carboxylic acids is 2. The van der Waals surface area contributed by atoms with Crippen molar-refractivity contribution in [3.05, 3.63) is 87.7 Å². The Morgan fingerprint density at radius 3 is 2.36 bits per heavy atom. The van der Waals surface area contributed by atoms with Crippen LogP contribution in [0.5, 0.6) is 0 Å². The highest BCUT2D eigenvalue weighted by Crippen LogP contribution is 2.44. The van der Waals surface area contributed by atoms with E-state index in [1.807, 2.05) is 50.2 Å². The smallest absolute Gasteiger partial charge is 0.260 e. The Balaban J connectivity index is 1.78. The van der Waals surface area contributed by atoms with Crippen LogP contribution in [0.2, 0.25) is 10.0 Å². The molecule has 0 saturated carbocycles. The third kappa shape index (κ3) is 4.61. The Labute approximate surface area is 203 Å². The van der Waals surface area contributed by atoms with Crippen LogP contribution in [0.4, 0.5) is 11.4 Å². The first-order valence-corrected chi connectivity index (χ1v) is 11.7. The summed E-state index contributed by atoms with van der Waals surface area (Å²) in [6.07, 6.45) is 3.00. The highest BCUT2D eigenvalue weighted by molar-refractivity contribution is 6.31. The van der Waals surface area contributed by atoms with Gasteiger partial charge in [-0.3, -0.25) is 14.6 Å². The highest BCUT2D eigenvalue weighted by atomic mass is 35.5. The normalized spacial score (nSPS) is 17.4. The third-order valence-corrected chi connectivity index (χ3v) is 6.51. The number of benzene rings is 2.